The number of benzene rings is 1. The van der Waals surface area contributed by atoms with E-state index in [-0.39, 0.29) is 17.5 Å². The fourth-order valence-electron chi connectivity index (χ4n) is 2.57. The summed E-state index contributed by atoms with van der Waals surface area (Å²) in [7, 11) is 1.60. The summed E-state index contributed by atoms with van der Waals surface area (Å²) < 4.78 is 0. The zero-order chi connectivity index (χ0) is 14.0. The standard InChI is InChI=1S/C14H18N2O3/c1-9-5-6-11(10(8-9)14(18)19)16-7-3-4-12(16)13(17)15-2/h5-6,8,12H,3-4,7H2,1-2H3,(H,15,17)(H,18,19). The molecule has 2 rings (SSSR count). The summed E-state index contributed by atoms with van der Waals surface area (Å²) in [5.74, 6) is -1.02. The summed E-state index contributed by atoms with van der Waals surface area (Å²) in [5.41, 5.74) is 1.79. The first-order valence-corrected chi connectivity index (χ1v) is 6.36. The van der Waals surface area contributed by atoms with Crippen LogP contribution in [0, 0.1) is 6.92 Å². The van der Waals surface area contributed by atoms with Crippen LogP contribution in [0.15, 0.2) is 18.2 Å². The van der Waals surface area contributed by atoms with Crippen molar-refractivity contribution in [3.05, 3.63) is 29.3 Å². The van der Waals surface area contributed by atoms with Crippen molar-refractivity contribution in [1.82, 2.24) is 5.32 Å². The predicted octanol–water partition coefficient (Wildman–Crippen LogP) is 1.41. The number of amides is 1. The Labute approximate surface area is 112 Å². The van der Waals surface area contributed by atoms with Gasteiger partial charge < -0.3 is 15.3 Å². The maximum absolute atomic E-state index is 11.8. The molecule has 2 N–H and O–H groups in total. The summed E-state index contributed by atoms with van der Waals surface area (Å²) in [4.78, 5) is 25.1. The van der Waals surface area contributed by atoms with Crippen molar-refractivity contribution in [2.45, 2.75) is 25.8 Å². The molecule has 1 saturated heterocycles. The van der Waals surface area contributed by atoms with Gasteiger partial charge in [0.15, 0.2) is 0 Å². The van der Waals surface area contributed by atoms with Gasteiger partial charge in [-0.1, -0.05) is 11.6 Å². The molecule has 19 heavy (non-hydrogen) atoms. The first-order chi connectivity index (χ1) is 9.04. The summed E-state index contributed by atoms with van der Waals surface area (Å²) in [6, 6.07) is 5.05. The largest absolute Gasteiger partial charge is 0.478 e. The minimum Gasteiger partial charge on any atom is -0.478 e. The highest BCUT2D eigenvalue weighted by atomic mass is 16.4. The first-order valence-electron chi connectivity index (χ1n) is 6.36. The van der Waals surface area contributed by atoms with Gasteiger partial charge in [-0.15, -0.1) is 0 Å². The number of likely N-dealkylation sites (N-methyl/N-ethyl adjacent to an activating group) is 1. The van der Waals surface area contributed by atoms with E-state index < -0.39 is 5.97 Å². The van der Waals surface area contributed by atoms with Crippen molar-refractivity contribution in [2.75, 3.05) is 18.5 Å². The van der Waals surface area contributed by atoms with Crippen LogP contribution in [0.2, 0.25) is 0 Å². The molecule has 102 valence electrons. The van der Waals surface area contributed by atoms with Gasteiger partial charge in [0, 0.05) is 13.6 Å². The van der Waals surface area contributed by atoms with Crippen molar-refractivity contribution in [2.24, 2.45) is 0 Å². The second kappa shape index (κ2) is 5.30. The Morgan fingerprint density at radius 1 is 1.42 bits per heavy atom. The van der Waals surface area contributed by atoms with Gasteiger partial charge in [-0.05, 0) is 31.9 Å². The van der Waals surface area contributed by atoms with Crippen LogP contribution in [0.3, 0.4) is 0 Å². The fourth-order valence-corrected chi connectivity index (χ4v) is 2.57. The molecule has 0 saturated carbocycles. The van der Waals surface area contributed by atoms with Crippen molar-refractivity contribution in [1.29, 1.82) is 0 Å². The van der Waals surface area contributed by atoms with Gasteiger partial charge in [-0.2, -0.15) is 0 Å². The van der Waals surface area contributed by atoms with Crippen LogP contribution in [-0.4, -0.2) is 36.6 Å². The molecule has 1 unspecified atom stereocenters. The van der Waals surface area contributed by atoms with E-state index in [1.165, 1.54) is 0 Å². The number of carbonyl (C=O) groups is 2. The number of aryl methyl sites for hydroxylation is 1. The highest BCUT2D eigenvalue weighted by Gasteiger charge is 2.32. The van der Waals surface area contributed by atoms with Gasteiger partial charge in [-0.25, -0.2) is 4.79 Å². The minimum atomic E-state index is -0.957. The van der Waals surface area contributed by atoms with Crippen LogP contribution in [0.1, 0.15) is 28.8 Å². The Kier molecular flexibility index (Phi) is 3.74. The zero-order valence-corrected chi connectivity index (χ0v) is 11.1. The Balaban J connectivity index is 2.40. The Morgan fingerprint density at radius 2 is 2.16 bits per heavy atom. The Hall–Kier alpha value is -2.04. The number of nitrogens with one attached hydrogen (secondary N) is 1. The molecule has 0 bridgehead atoms. The predicted molar refractivity (Wildman–Crippen MR) is 72.6 cm³/mol. The maximum Gasteiger partial charge on any atom is 0.337 e. The van der Waals surface area contributed by atoms with Gasteiger partial charge >= 0.3 is 5.97 Å². The van der Waals surface area contributed by atoms with E-state index in [0.29, 0.717) is 12.2 Å². The van der Waals surface area contributed by atoms with E-state index in [0.717, 1.165) is 18.4 Å². The third kappa shape index (κ3) is 2.54. The molecule has 1 aromatic carbocycles. The highest BCUT2D eigenvalue weighted by Crippen LogP contribution is 2.29. The monoisotopic (exact) mass is 262 g/mol. The van der Waals surface area contributed by atoms with Crippen molar-refractivity contribution >= 4 is 17.6 Å². The molecule has 5 heteroatoms. The van der Waals surface area contributed by atoms with Crippen LogP contribution in [0.4, 0.5) is 5.69 Å². The van der Waals surface area contributed by atoms with Crippen LogP contribution in [-0.2, 0) is 4.79 Å². The number of hydrogen-bond donors (Lipinski definition) is 2. The number of aromatic carboxylic acids is 1. The number of carboxylic acid groups (broad SMARTS) is 1. The second-order valence-corrected chi connectivity index (χ2v) is 4.79. The van der Waals surface area contributed by atoms with E-state index in [2.05, 4.69) is 5.32 Å². The quantitative estimate of drug-likeness (QED) is 0.864. The molecule has 1 aliphatic rings. The molecule has 0 aromatic heterocycles. The molecule has 0 radical (unpaired) electrons. The molecule has 0 spiro atoms. The lowest BCUT2D eigenvalue weighted by molar-refractivity contribution is -0.121. The van der Waals surface area contributed by atoms with Crippen LogP contribution in [0.25, 0.3) is 0 Å². The average molecular weight is 262 g/mol. The van der Waals surface area contributed by atoms with E-state index >= 15 is 0 Å². The molecule has 1 aliphatic heterocycles. The van der Waals surface area contributed by atoms with Gasteiger partial charge in [0.1, 0.15) is 6.04 Å². The highest BCUT2D eigenvalue weighted by molar-refractivity contribution is 5.96. The molecule has 1 fully saturated rings. The fraction of sp³-hybridized carbons (Fsp3) is 0.429. The number of nitrogens with zero attached hydrogens (tertiary/aromatic N) is 1. The molecule has 5 nitrogen and oxygen atoms in total. The zero-order valence-electron chi connectivity index (χ0n) is 11.1. The lowest BCUT2D eigenvalue weighted by Gasteiger charge is -2.27. The second-order valence-electron chi connectivity index (χ2n) is 4.79. The summed E-state index contributed by atoms with van der Waals surface area (Å²) in [6.45, 7) is 2.57. The van der Waals surface area contributed by atoms with E-state index in [1.54, 1.807) is 19.2 Å². The molecule has 1 amide bonds. The molecule has 1 aromatic rings. The van der Waals surface area contributed by atoms with Crippen molar-refractivity contribution in [3.8, 4) is 0 Å². The third-order valence-electron chi connectivity index (χ3n) is 3.49. The van der Waals surface area contributed by atoms with Gasteiger partial charge in [-0.3, -0.25) is 4.79 Å². The Morgan fingerprint density at radius 3 is 2.79 bits per heavy atom. The number of carboxylic acids is 1. The van der Waals surface area contributed by atoms with Crippen LogP contribution in [0.5, 0.6) is 0 Å². The normalized spacial score (nSPS) is 18.4. The van der Waals surface area contributed by atoms with E-state index in [1.807, 2.05) is 17.9 Å². The number of anilines is 1. The summed E-state index contributed by atoms with van der Waals surface area (Å²) in [5, 5.41) is 11.9. The third-order valence-corrected chi connectivity index (χ3v) is 3.49. The SMILES string of the molecule is CNC(=O)C1CCCN1c1ccc(C)cc1C(=O)O. The molecular formula is C14H18N2O3. The maximum atomic E-state index is 11.8. The topological polar surface area (TPSA) is 69.6 Å². The molecule has 1 heterocycles. The van der Waals surface area contributed by atoms with Crippen molar-refractivity contribution in [3.63, 3.8) is 0 Å². The van der Waals surface area contributed by atoms with Crippen molar-refractivity contribution < 1.29 is 14.7 Å². The lowest BCUT2D eigenvalue weighted by atomic mass is 10.1. The lowest BCUT2D eigenvalue weighted by Crippen LogP contribution is -2.42. The molecular weight excluding hydrogens is 244 g/mol. The first kappa shape index (κ1) is 13.4. The Bertz CT molecular complexity index is 513. The van der Waals surface area contributed by atoms with E-state index in [4.69, 9.17) is 0 Å². The number of rotatable bonds is 3. The van der Waals surface area contributed by atoms with Gasteiger partial charge in [0.25, 0.3) is 0 Å². The van der Waals surface area contributed by atoms with Gasteiger partial charge in [0.2, 0.25) is 5.91 Å². The van der Waals surface area contributed by atoms with Crippen LogP contribution >= 0.6 is 0 Å². The molecule has 0 aliphatic carbocycles. The summed E-state index contributed by atoms with van der Waals surface area (Å²) >= 11 is 0. The smallest absolute Gasteiger partial charge is 0.337 e. The number of hydrogen-bond acceptors (Lipinski definition) is 3. The summed E-state index contributed by atoms with van der Waals surface area (Å²) in [6.07, 6.45) is 1.65. The van der Waals surface area contributed by atoms with Crippen LogP contribution < -0.4 is 10.2 Å². The minimum absolute atomic E-state index is 0.0607. The average Bonchev–Trinajstić information content (AvgIpc) is 2.86. The number of carbonyl (C=O) groups excluding carboxylic acids is 1. The van der Waals surface area contributed by atoms with Gasteiger partial charge in [0.05, 0.1) is 11.3 Å². The molecule has 1 atom stereocenters. The van der Waals surface area contributed by atoms with E-state index in [9.17, 15) is 14.7 Å².